The number of methoxy groups -OCH3 is 1. The number of hydrogen-bond donors (Lipinski definition) is 0. The second kappa shape index (κ2) is 7.64. The SMILES string of the molecule is COCCN1C[C@]2(COCCN([C@@H](C)c3ccccc3)C2)CC1=O. The number of ether oxygens (including phenoxy) is 2. The quantitative estimate of drug-likeness (QED) is 0.826. The molecular weight excluding hydrogens is 304 g/mol. The van der Waals surface area contributed by atoms with Crippen molar-refractivity contribution in [3.63, 3.8) is 0 Å². The first-order valence-electron chi connectivity index (χ1n) is 8.77. The van der Waals surface area contributed by atoms with Gasteiger partial charge in [-0.05, 0) is 12.5 Å². The van der Waals surface area contributed by atoms with Crippen LogP contribution in [0.15, 0.2) is 30.3 Å². The van der Waals surface area contributed by atoms with Crippen molar-refractivity contribution in [2.75, 3.05) is 53.1 Å². The highest BCUT2D eigenvalue weighted by molar-refractivity contribution is 5.79. The summed E-state index contributed by atoms with van der Waals surface area (Å²) in [6.07, 6.45) is 0.578. The molecule has 2 saturated heterocycles. The van der Waals surface area contributed by atoms with Crippen molar-refractivity contribution in [1.82, 2.24) is 9.80 Å². The van der Waals surface area contributed by atoms with Crippen molar-refractivity contribution in [3.05, 3.63) is 35.9 Å². The van der Waals surface area contributed by atoms with Crippen molar-refractivity contribution in [2.45, 2.75) is 19.4 Å². The molecule has 2 fully saturated rings. The van der Waals surface area contributed by atoms with Gasteiger partial charge in [-0.3, -0.25) is 9.69 Å². The topological polar surface area (TPSA) is 42.0 Å². The Kier molecular flexibility index (Phi) is 5.54. The molecule has 0 aromatic heterocycles. The third-order valence-electron chi connectivity index (χ3n) is 5.27. The van der Waals surface area contributed by atoms with Gasteiger partial charge in [0.05, 0.1) is 19.8 Å². The van der Waals surface area contributed by atoms with Crippen LogP contribution in [-0.2, 0) is 14.3 Å². The number of carbonyl (C=O) groups is 1. The van der Waals surface area contributed by atoms with Crippen LogP contribution in [0.4, 0.5) is 0 Å². The molecule has 0 aliphatic carbocycles. The molecule has 5 nitrogen and oxygen atoms in total. The van der Waals surface area contributed by atoms with Gasteiger partial charge in [0.2, 0.25) is 5.91 Å². The van der Waals surface area contributed by atoms with Gasteiger partial charge >= 0.3 is 0 Å². The molecule has 2 heterocycles. The maximum absolute atomic E-state index is 12.4. The molecule has 0 radical (unpaired) electrons. The third kappa shape index (κ3) is 3.79. The van der Waals surface area contributed by atoms with E-state index in [1.54, 1.807) is 7.11 Å². The molecule has 5 heteroatoms. The summed E-state index contributed by atoms with van der Waals surface area (Å²) in [5.41, 5.74) is 1.22. The second-order valence-electron chi connectivity index (χ2n) is 7.09. The lowest BCUT2D eigenvalue weighted by atomic mass is 9.86. The minimum atomic E-state index is -0.0929. The van der Waals surface area contributed by atoms with Gasteiger partial charge in [0.1, 0.15) is 0 Å². The third-order valence-corrected chi connectivity index (χ3v) is 5.27. The highest BCUT2D eigenvalue weighted by atomic mass is 16.5. The number of nitrogens with zero attached hydrogens (tertiary/aromatic N) is 2. The van der Waals surface area contributed by atoms with Gasteiger partial charge in [-0.2, -0.15) is 0 Å². The normalized spacial score (nSPS) is 26.8. The van der Waals surface area contributed by atoms with E-state index in [1.807, 2.05) is 11.0 Å². The van der Waals surface area contributed by atoms with Crippen LogP contribution < -0.4 is 0 Å². The minimum Gasteiger partial charge on any atom is -0.383 e. The maximum Gasteiger partial charge on any atom is 0.223 e. The predicted octanol–water partition coefficient (Wildman–Crippen LogP) is 1.94. The van der Waals surface area contributed by atoms with Crippen LogP contribution in [0.3, 0.4) is 0 Å². The Balaban J connectivity index is 1.72. The molecule has 2 aliphatic rings. The van der Waals surface area contributed by atoms with Crippen molar-refractivity contribution in [1.29, 1.82) is 0 Å². The van der Waals surface area contributed by atoms with Crippen molar-refractivity contribution in [2.24, 2.45) is 5.41 Å². The average molecular weight is 332 g/mol. The molecule has 1 amide bonds. The van der Waals surface area contributed by atoms with Crippen molar-refractivity contribution >= 4 is 5.91 Å². The van der Waals surface area contributed by atoms with E-state index < -0.39 is 0 Å². The molecule has 3 rings (SSSR count). The zero-order valence-electron chi connectivity index (χ0n) is 14.7. The first-order chi connectivity index (χ1) is 11.6. The zero-order valence-corrected chi connectivity index (χ0v) is 14.7. The first kappa shape index (κ1) is 17.4. The van der Waals surface area contributed by atoms with Gasteiger partial charge in [-0.1, -0.05) is 30.3 Å². The molecule has 1 aromatic carbocycles. The molecular formula is C19H28N2O3. The lowest BCUT2D eigenvalue weighted by molar-refractivity contribution is -0.128. The fraction of sp³-hybridized carbons (Fsp3) is 0.632. The standard InChI is InChI=1S/C19H28N2O3/c1-16(17-6-4-3-5-7-17)20-9-11-24-15-19(13-20)12-18(22)21(14-19)8-10-23-2/h3-7,16H,8-15H2,1-2H3/t16-,19-/m0/s1. The van der Waals surface area contributed by atoms with E-state index in [9.17, 15) is 4.79 Å². The molecule has 0 bridgehead atoms. The predicted molar refractivity (Wildman–Crippen MR) is 92.8 cm³/mol. The van der Waals surface area contributed by atoms with Gasteiger partial charge in [0, 0.05) is 51.2 Å². The number of likely N-dealkylation sites (tertiary alicyclic amines) is 1. The Hall–Kier alpha value is -1.43. The van der Waals surface area contributed by atoms with E-state index in [0.29, 0.717) is 32.2 Å². The monoisotopic (exact) mass is 332 g/mol. The van der Waals surface area contributed by atoms with Gasteiger partial charge in [-0.15, -0.1) is 0 Å². The number of benzene rings is 1. The van der Waals surface area contributed by atoms with Gasteiger partial charge in [0.15, 0.2) is 0 Å². The Morgan fingerprint density at radius 2 is 2.08 bits per heavy atom. The molecule has 2 aliphatic heterocycles. The van der Waals surface area contributed by atoms with Crippen LogP contribution in [0.2, 0.25) is 0 Å². The number of rotatable bonds is 5. The maximum atomic E-state index is 12.4. The first-order valence-corrected chi connectivity index (χ1v) is 8.77. The summed E-state index contributed by atoms with van der Waals surface area (Å²) in [7, 11) is 1.67. The number of carbonyl (C=O) groups excluding carboxylic acids is 1. The molecule has 1 spiro atoms. The van der Waals surface area contributed by atoms with Crippen LogP contribution in [0, 0.1) is 5.41 Å². The average Bonchev–Trinajstić information content (AvgIpc) is 2.77. The van der Waals surface area contributed by atoms with Gasteiger partial charge < -0.3 is 14.4 Å². The van der Waals surface area contributed by atoms with E-state index in [-0.39, 0.29) is 11.3 Å². The molecule has 132 valence electrons. The van der Waals surface area contributed by atoms with Crippen LogP contribution in [-0.4, -0.2) is 68.8 Å². The summed E-state index contributed by atoms with van der Waals surface area (Å²) in [4.78, 5) is 16.8. The highest BCUT2D eigenvalue weighted by Crippen LogP contribution is 2.36. The Morgan fingerprint density at radius 3 is 2.83 bits per heavy atom. The van der Waals surface area contributed by atoms with E-state index in [0.717, 1.165) is 26.2 Å². The van der Waals surface area contributed by atoms with E-state index >= 15 is 0 Å². The lowest BCUT2D eigenvalue weighted by Crippen LogP contribution is -2.42. The summed E-state index contributed by atoms with van der Waals surface area (Å²) in [6.45, 7) is 7.48. The van der Waals surface area contributed by atoms with Crippen LogP contribution in [0.1, 0.15) is 24.9 Å². The molecule has 0 saturated carbocycles. The summed E-state index contributed by atoms with van der Waals surface area (Å²) in [5, 5.41) is 0. The smallest absolute Gasteiger partial charge is 0.223 e. The summed E-state index contributed by atoms with van der Waals surface area (Å²) in [6, 6.07) is 10.9. The minimum absolute atomic E-state index is 0.0929. The Morgan fingerprint density at radius 1 is 1.29 bits per heavy atom. The van der Waals surface area contributed by atoms with E-state index in [4.69, 9.17) is 9.47 Å². The van der Waals surface area contributed by atoms with E-state index in [1.165, 1.54) is 5.56 Å². The van der Waals surface area contributed by atoms with Crippen LogP contribution >= 0.6 is 0 Å². The highest BCUT2D eigenvalue weighted by Gasteiger charge is 2.45. The zero-order chi connectivity index (χ0) is 17.0. The summed E-state index contributed by atoms with van der Waals surface area (Å²) in [5.74, 6) is 0.227. The van der Waals surface area contributed by atoms with E-state index in [2.05, 4.69) is 36.1 Å². The number of hydrogen-bond acceptors (Lipinski definition) is 4. The van der Waals surface area contributed by atoms with Crippen molar-refractivity contribution in [3.8, 4) is 0 Å². The Bertz CT molecular complexity index is 551. The summed E-state index contributed by atoms with van der Waals surface area (Å²) >= 11 is 0. The molecule has 24 heavy (non-hydrogen) atoms. The fourth-order valence-corrected chi connectivity index (χ4v) is 3.89. The van der Waals surface area contributed by atoms with Gasteiger partial charge in [0.25, 0.3) is 0 Å². The second-order valence-corrected chi connectivity index (χ2v) is 7.09. The molecule has 2 atom stereocenters. The summed E-state index contributed by atoms with van der Waals surface area (Å²) < 4.78 is 11.0. The molecule has 1 aromatic rings. The molecule has 0 N–H and O–H groups in total. The Labute approximate surface area is 144 Å². The van der Waals surface area contributed by atoms with Crippen molar-refractivity contribution < 1.29 is 14.3 Å². The largest absolute Gasteiger partial charge is 0.383 e. The lowest BCUT2D eigenvalue weighted by Gasteiger charge is -2.35. The number of amides is 1. The van der Waals surface area contributed by atoms with Crippen LogP contribution in [0.25, 0.3) is 0 Å². The van der Waals surface area contributed by atoms with Gasteiger partial charge in [-0.25, -0.2) is 0 Å². The molecule has 0 unspecified atom stereocenters. The van der Waals surface area contributed by atoms with Crippen LogP contribution in [0.5, 0.6) is 0 Å². The fourth-order valence-electron chi connectivity index (χ4n) is 3.89.